The summed E-state index contributed by atoms with van der Waals surface area (Å²) in [6, 6.07) is 11.1. The molecule has 3 heterocycles. The summed E-state index contributed by atoms with van der Waals surface area (Å²) < 4.78 is 2.22. The van der Waals surface area contributed by atoms with Gasteiger partial charge in [-0.05, 0) is 43.2 Å². The zero-order chi connectivity index (χ0) is 18.1. The first-order valence-corrected chi connectivity index (χ1v) is 9.41. The molecule has 6 heteroatoms. The molecule has 0 spiro atoms. The average Bonchev–Trinajstić information content (AvgIpc) is 3.27. The highest BCUT2D eigenvalue weighted by Crippen LogP contribution is 2.30. The van der Waals surface area contributed by atoms with Crippen LogP contribution in [0.25, 0.3) is 11.2 Å². The molecule has 4 rings (SSSR count). The molecule has 1 amide bonds. The van der Waals surface area contributed by atoms with E-state index in [1.54, 1.807) is 12.1 Å². The largest absolute Gasteiger partial charge is 0.338 e. The van der Waals surface area contributed by atoms with E-state index in [9.17, 15) is 4.79 Å². The van der Waals surface area contributed by atoms with Crippen molar-refractivity contribution in [2.75, 3.05) is 13.1 Å². The molecule has 1 aromatic carbocycles. The van der Waals surface area contributed by atoms with E-state index in [1.165, 1.54) is 0 Å². The lowest BCUT2D eigenvalue weighted by atomic mass is 10.1. The van der Waals surface area contributed by atoms with Crippen molar-refractivity contribution in [3.05, 3.63) is 59.0 Å². The third-order valence-electron chi connectivity index (χ3n) is 4.89. The van der Waals surface area contributed by atoms with Crippen LogP contribution in [-0.4, -0.2) is 38.4 Å². The van der Waals surface area contributed by atoms with Crippen molar-refractivity contribution in [1.29, 1.82) is 0 Å². The number of aryl methyl sites for hydroxylation is 1. The van der Waals surface area contributed by atoms with Gasteiger partial charge in [-0.25, -0.2) is 9.97 Å². The number of hydrogen-bond acceptors (Lipinski definition) is 3. The van der Waals surface area contributed by atoms with Gasteiger partial charge < -0.3 is 9.47 Å². The van der Waals surface area contributed by atoms with Crippen LogP contribution in [0.15, 0.2) is 42.6 Å². The molecule has 2 aromatic heterocycles. The highest BCUT2D eigenvalue weighted by atomic mass is 35.5. The summed E-state index contributed by atoms with van der Waals surface area (Å²) in [7, 11) is 0. The Balaban J connectivity index is 1.60. The predicted molar refractivity (Wildman–Crippen MR) is 103 cm³/mol. The molecular formula is C20H21ClN4O. The van der Waals surface area contributed by atoms with Gasteiger partial charge in [-0.1, -0.05) is 24.6 Å². The number of aromatic nitrogens is 3. The third-order valence-corrected chi connectivity index (χ3v) is 5.13. The Morgan fingerprint density at radius 1 is 1.31 bits per heavy atom. The van der Waals surface area contributed by atoms with Crippen molar-refractivity contribution in [2.45, 2.75) is 32.2 Å². The van der Waals surface area contributed by atoms with E-state index >= 15 is 0 Å². The van der Waals surface area contributed by atoms with Crippen molar-refractivity contribution >= 4 is 28.7 Å². The summed E-state index contributed by atoms with van der Waals surface area (Å²) in [5.74, 6) is 1.31. The monoisotopic (exact) mass is 368 g/mol. The minimum absolute atomic E-state index is 0.0336. The van der Waals surface area contributed by atoms with Gasteiger partial charge in [0.25, 0.3) is 5.91 Å². The SMILES string of the molecule is CCCn1c(C2CCN(C(=O)c3cccc(Cl)c3)C2)nc2cccnc21. The molecule has 0 N–H and O–H groups in total. The molecule has 1 aliphatic rings. The molecule has 5 nitrogen and oxygen atoms in total. The van der Waals surface area contributed by atoms with Gasteiger partial charge in [0, 0.05) is 42.3 Å². The molecule has 134 valence electrons. The molecule has 0 bridgehead atoms. The highest BCUT2D eigenvalue weighted by Gasteiger charge is 2.31. The third kappa shape index (κ3) is 3.07. The van der Waals surface area contributed by atoms with Crippen LogP contribution < -0.4 is 0 Å². The molecule has 0 radical (unpaired) electrons. The van der Waals surface area contributed by atoms with Crippen molar-refractivity contribution < 1.29 is 4.79 Å². The fraction of sp³-hybridized carbons (Fsp3) is 0.350. The minimum Gasteiger partial charge on any atom is -0.338 e. The van der Waals surface area contributed by atoms with Crippen molar-refractivity contribution in [3.8, 4) is 0 Å². The van der Waals surface area contributed by atoms with E-state index in [-0.39, 0.29) is 11.8 Å². The molecular weight excluding hydrogens is 348 g/mol. The van der Waals surface area contributed by atoms with Crippen LogP contribution in [0.4, 0.5) is 0 Å². The number of imidazole rings is 1. The summed E-state index contributed by atoms with van der Waals surface area (Å²) in [5.41, 5.74) is 2.50. The van der Waals surface area contributed by atoms with E-state index in [4.69, 9.17) is 16.6 Å². The van der Waals surface area contributed by atoms with Gasteiger partial charge in [0.1, 0.15) is 11.3 Å². The van der Waals surface area contributed by atoms with E-state index in [0.717, 1.165) is 42.9 Å². The highest BCUT2D eigenvalue weighted by molar-refractivity contribution is 6.30. The van der Waals surface area contributed by atoms with E-state index in [1.807, 2.05) is 35.4 Å². The Morgan fingerprint density at radius 3 is 3.00 bits per heavy atom. The molecule has 1 saturated heterocycles. The van der Waals surface area contributed by atoms with Gasteiger partial charge in [0.15, 0.2) is 5.65 Å². The maximum absolute atomic E-state index is 12.8. The van der Waals surface area contributed by atoms with Gasteiger partial charge in [-0.3, -0.25) is 4.79 Å². The number of nitrogens with zero attached hydrogens (tertiary/aromatic N) is 4. The Hall–Kier alpha value is -2.40. The number of benzene rings is 1. The van der Waals surface area contributed by atoms with Gasteiger partial charge in [0.05, 0.1) is 0 Å². The molecule has 26 heavy (non-hydrogen) atoms. The predicted octanol–water partition coefficient (Wildman–Crippen LogP) is 4.12. The Kier molecular flexibility index (Phi) is 4.64. The van der Waals surface area contributed by atoms with Crippen LogP contribution in [0, 0.1) is 0 Å². The van der Waals surface area contributed by atoms with Crippen molar-refractivity contribution in [3.63, 3.8) is 0 Å². The van der Waals surface area contributed by atoms with E-state index < -0.39 is 0 Å². The van der Waals surface area contributed by atoms with Crippen LogP contribution in [0.1, 0.15) is 41.9 Å². The van der Waals surface area contributed by atoms with E-state index in [2.05, 4.69) is 16.5 Å². The number of likely N-dealkylation sites (tertiary alicyclic amines) is 1. The maximum atomic E-state index is 12.8. The topological polar surface area (TPSA) is 51.0 Å². The molecule has 1 fully saturated rings. The van der Waals surface area contributed by atoms with Crippen LogP contribution in [0.2, 0.25) is 5.02 Å². The minimum atomic E-state index is 0.0336. The molecule has 1 unspecified atom stereocenters. The number of hydrogen-bond donors (Lipinski definition) is 0. The number of carbonyl (C=O) groups excluding carboxylic acids is 1. The molecule has 0 saturated carbocycles. The van der Waals surface area contributed by atoms with Gasteiger partial charge in [0.2, 0.25) is 0 Å². The lowest BCUT2D eigenvalue weighted by molar-refractivity contribution is 0.0790. The molecule has 1 aliphatic heterocycles. The molecule has 3 aromatic rings. The molecule has 0 aliphatic carbocycles. The number of halogens is 1. The summed E-state index contributed by atoms with van der Waals surface area (Å²) >= 11 is 6.03. The number of amides is 1. The number of pyridine rings is 1. The second kappa shape index (κ2) is 7.08. The first-order chi connectivity index (χ1) is 12.7. The number of rotatable bonds is 4. The first-order valence-electron chi connectivity index (χ1n) is 9.03. The Labute approximate surface area is 157 Å². The molecule has 1 atom stereocenters. The summed E-state index contributed by atoms with van der Waals surface area (Å²) in [5, 5.41) is 0.586. The summed E-state index contributed by atoms with van der Waals surface area (Å²) in [6.07, 6.45) is 3.75. The average molecular weight is 369 g/mol. The smallest absolute Gasteiger partial charge is 0.253 e. The quantitative estimate of drug-likeness (QED) is 0.695. The fourth-order valence-corrected chi connectivity index (χ4v) is 3.88. The van der Waals surface area contributed by atoms with Gasteiger partial charge in [-0.15, -0.1) is 0 Å². The summed E-state index contributed by atoms with van der Waals surface area (Å²) in [6.45, 7) is 4.46. The van der Waals surface area contributed by atoms with Gasteiger partial charge >= 0.3 is 0 Å². The van der Waals surface area contributed by atoms with E-state index in [0.29, 0.717) is 17.1 Å². The second-order valence-corrected chi connectivity index (χ2v) is 7.15. The van der Waals surface area contributed by atoms with Crippen LogP contribution in [0.3, 0.4) is 0 Å². The van der Waals surface area contributed by atoms with Crippen molar-refractivity contribution in [1.82, 2.24) is 19.4 Å². The lowest BCUT2D eigenvalue weighted by Gasteiger charge is -2.17. The zero-order valence-electron chi connectivity index (χ0n) is 14.7. The van der Waals surface area contributed by atoms with Crippen molar-refractivity contribution in [2.24, 2.45) is 0 Å². The fourth-order valence-electron chi connectivity index (χ4n) is 3.69. The van der Waals surface area contributed by atoms with Gasteiger partial charge in [-0.2, -0.15) is 0 Å². The van der Waals surface area contributed by atoms with Crippen LogP contribution >= 0.6 is 11.6 Å². The lowest BCUT2D eigenvalue weighted by Crippen LogP contribution is -2.28. The standard InChI is InChI=1S/C20H21ClN4O/c1-2-10-25-18(23-17-7-4-9-22-19(17)25)15-8-11-24(13-15)20(26)14-5-3-6-16(21)12-14/h3-7,9,12,15H,2,8,10-11,13H2,1H3. The number of fused-ring (bicyclic) bond motifs is 1. The second-order valence-electron chi connectivity index (χ2n) is 6.71. The first kappa shape index (κ1) is 17.0. The Bertz CT molecular complexity index is 952. The number of carbonyl (C=O) groups is 1. The normalized spacial score (nSPS) is 17.2. The Morgan fingerprint density at radius 2 is 2.19 bits per heavy atom. The van der Waals surface area contributed by atoms with Crippen LogP contribution in [-0.2, 0) is 6.54 Å². The zero-order valence-corrected chi connectivity index (χ0v) is 15.5. The maximum Gasteiger partial charge on any atom is 0.253 e. The van der Waals surface area contributed by atoms with Crippen LogP contribution in [0.5, 0.6) is 0 Å². The summed E-state index contributed by atoms with van der Waals surface area (Å²) in [4.78, 5) is 24.0.